The lowest BCUT2D eigenvalue weighted by Gasteiger charge is -2.07. The molecular weight excluding hydrogens is 375 g/mol. The van der Waals surface area contributed by atoms with Crippen molar-refractivity contribution in [1.29, 1.82) is 0 Å². The lowest BCUT2D eigenvalue weighted by Crippen LogP contribution is -2.15. The Bertz CT molecular complexity index is 1130. The van der Waals surface area contributed by atoms with E-state index in [1.54, 1.807) is 35.0 Å². The third kappa shape index (κ3) is 3.70. The average Bonchev–Trinajstić information content (AvgIpc) is 3.29. The number of nitrogens with zero attached hydrogens (tertiary/aromatic N) is 3. The van der Waals surface area contributed by atoms with E-state index in [9.17, 15) is 9.18 Å². The molecule has 1 amide bonds. The molecule has 0 aliphatic carbocycles. The summed E-state index contributed by atoms with van der Waals surface area (Å²) in [4.78, 5) is 17.2. The Morgan fingerprint density at radius 2 is 1.79 bits per heavy atom. The summed E-state index contributed by atoms with van der Waals surface area (Å²) in [5.41, 5.74) is 3.97. The van der Waals surface area contributed by atoms with Gasteiger partial charge in [0.05, 0.1) is 11.4 Å². The van der Waals surface area contributed by atoms with Crippen LogP contribution in [-0.2, 0) is 0 Å². The highest BCUT2D eigenvalue weighted by atomic mass is 32.1. The molecule has 28 heavy (non-hydrogen) atoms. The molecule has 0 aliphatic heterocycles. The van der Waals surface area contributed by atoms with Crippen molar-refractivity contribution >= 4 is 23.1 Å². The van der Waals surface area contributed by atoms with Crippen LogP contribution in [0.4, 0.5) is 10.2 Å². The molecule has 2 aromatic carbocycles. The number of benzene rings is 2. The Labute approximate surface area is 165 Å². The molecule has 4 rings (SSSR count). The van der Waals surface area contributed by atoms with Crippen molar-refractivity contribution in [3.8, 4) is 16.4 Å². The molecule has 4 aromatic rings. The second-order valence-corrected chi connectivity index (χ2v) is 7.26. The Hall–Kier alpha value is -3.32. The number of aryl methyl sites for hydroxylation is 2. The van der Waals surface area contributed by atoms with Gasteiger partial charge >= 0.3 is 0 Å². The largest absolute Gasteiger partial charge is 0.306 e. The second kappa shape index (κ2) is 7.36. The van der Waals surface area contributed by atoms with Crippen LogP contribution in [0.15, 0.2) is 60.0 Å². The molecule has 0 unspecified atom stereocenters. The summed E-state index contributed by atoms with van der Waals surface area (Å²) in [6, 6.07) is 15.3. The topological polar surface area (TPSA) is 59.8 Å². The molecule has 5 nitrogen and oxygen atoms in total. The lowest BCUT2D eigenvalue weighted by molar-refractivity contribution is 0.102. The van der Waals surface area contributed by atoms with Crippen LogP contribution < -0.4 is 5.32 Å². The number of carbonyl (C=O) groups excluding carboxylic acids is 1. The predicted molar refractivity (Wildman–Crippen MR) is 108 cm³/mol. The van der Waals surface area contributed by atoms with Crippen molar-refractivity contribution in [1.82, 2.24) is 14.8 Å². The van der Waals surface area contributed by atoms with Crippen molar-refractivity contribution in [3.05, 3.63) is 82.6 Å². The zero-order valence-corrected chi connectivity index (χ0v) is 16.1. The standard InChI is InChI=1S/C21H17FN4OS/c1-13-3-5-16(6-4-13)20(27)24-19-11-14(2)25-26(19)21-23-18(12-28-21)15-7-9-17(22)10-8-15/h3-12H,1-2H3,(H,24,27). The van der Waals surface area contributed by atoms with E-state index in [1.165, 1.54) is 23.5 Å². The number of rotatable bonds is 4. The quantitative estimate of drug-likeness (QED) is 0.531. The van der Waals surface area contributed by atoms with Gasteiger partial charge in [-0.2, -0.15) is 9.78 Å². The molecule has 2 heterocycles. The van der Waals surface area contributed by atoms with Gasteiger partial charge in [0.1, 0.15) is 11.6 Å². The van der Waals surface area contributed by atoms with Crippen molar-refractivity contribution in [2.45, 2.75) is 13.8 Å². The van der Waals surface area contributed by atoms with E-state index in [1.807, 2.05) is 31.4 Å². The molecule has 0 atom stereocenters. The molecule has 2 aromatic heterocycles. The normalized spacial score (nSPS) is 10.8. The number of amides is 1. The van der Waals surface area contributed by atoms with Gasteiger partial charge in [-0.05, 0) is 50.2 Å². The fourth-order valence-corrected chi connectivity index (χ4v) is 3.54. The van der Waals surface area contributed by atoms with Crippen LogP contribution in [0.2, 0.25) is 0 Å². The molecule has 7 heteroatoms. The van der Waals surface area contributed by atoms with Gasteiger partial charge in [0, 0.05) is 22.6 Å². The Morgan fingerprint density at radius 1 is 1.07 bits per heavy atom. The summed E-state index contributed by atoms with van der Waals surface area (Å²) in [6.45, 7) is 3.83. The first-order valence-electron chi connectivity index (χ1n) is 8.66. The van der Waals surface area contributed by atoms with Crippen LogP contribution in [0, 0.1) is 19.7 Å². The lowest BCUT2D eigenvalue weighted by atomic mass is 10.1. The molecule has 0 fully saturated rings. The minimum atomic E-state index is -0.289. The highest BCUT2D eigenvalue weighted by Crippen LogP contribution is 2.26. The Kier molecular flexibility index (Phi) is 4.75. The van der Waals surface area contributed by atoms with Crippen LogP contribution >= 0.6 is 11.3 Å². The minimum Gasteiger partial charge on any atom is -0.306 e. The summed E-state index contributed by atoms with van der Waals surface area (Å²) in [5, 5.41) is 9.85. The second-order valence-electron chi connectivity index (χ2n) is 6.43. The minimum absolute atomic E-state index is 0.212. The summed E-state index contributed by atoms with van der Waals surface area (Å²) in [5.74, 6) is 0.0440. The van der Waals surface area contributed by atoms with Crippen LogP contribution in [0.5, 0.6) is 0 Å². The van der Waals surface area contributed by atoms with Gasteiger partial charge in [-0.1, -0.05) is 17.7 Å². The van der Waals surface area contributed by atoms with Gasteiger partial charge in [0.15, 0.2) is 0 Å². The third-order valence-corrected chi connectivity index (χ3v) is 5.02. The number of carbonyl (C=O) groups is 1. The number of hydrogen-bond acceptors (Lipinski definition) is 4. The van der Waals surface area contributed by atoms with Crippen molar-refractivity contribution in [2.24, 2.45) is 0 Å². The number of thiazole rings is 1. The molecule has 0 spiro atoms. The first-order valence-corrected chi connectivity index (χ1v) is 9.54. The van der Waals surface area contributed by atoms with E-state index in [-0.39, 0.29) is 11.7 Å². The van der Waals surface area contributed by atoms with Crippen LogP contribution in [0.3, 0.4) is 0 Å². The van der Waals surface area contributed by atoms with Crippen molar-refractivity contribution < 1.29 is 9.18 Å². The van der Waals surface area contributed by atoms with Gasteiger partial charge in [-0.15, -0.1) is 11.3 Å². The third-order valence-electron chi connectivity index (χ3n) is 4.20. The van der Waals surface area contributed by atoms with Crippen molar-refractivity contribution in [2.75, 3.05) is 5.32 Å². The zero-order chi connectivity index (χ0) is 19.7. The average molecular weight is 392 g/mol. The van der Waals surface area contributed by atoms with Crippen LogP contribution in [0.25, 0.3) is 16.4 Å². The summed E-state index contributed by atoms with van der Waals surface area (Å²) in [7, 11) is 0. The maximum Gasteiger partial charge on any atom is 0.256 e. The maximum absolute atomic E-state index is 13.1. The first kappa shape index (κ1) is 18.1. The fraction of sp³-hybridized carbons (Fsp3) is 0.0952. The van der Waals surface area contributed by atoms with Crippen LogP contribution in [-0.4, -0.2) is 20.7 Å². The van der Waals surface area contributed by atoms with E-state index in [0.29, 0.717) is 16.5 Å². The molecule has 1 N–H and O–H groups in total. The van der Waals surface area contributed by atoms with Crippen LogP contribution in [0.1, 0.15) is 21.6 Å². The van der Waals surface area contributed by atoms with E-state index < -0.39 is 0 Å². The molecule has 0 aliphatic rings. The molecular formula is C21H17FN4OS. The van der Waals surface area contributed by atoms with Gasteiger partial charge in [-0.3, -0.25) is 4.79 Å². The number of nitrogens with one attached hydrogen (secondary N) is 1. The first-order chi connectivity index (χ1) is 13.5. The molecule has 0 radical (unpaired) electrons. The highest BCUT2D eigenvalue weighted by Gasteiger charge is 2.15. The molecule has 140 valence electrons. The van der Waals surface area contributed by atoms with E-state index >= 15 is 0 Å². The van der Waals surface area contributed by atoms with E-state index in [4.69, 9.17) is 0 Å². The van der Waals surface area contributed by atoms with Gasteiger partial charge in [0.25, 0.3) is 5.91 Å². The Balaban J connectivity index is 1.62. The molecule has 0 saturated heterocycles. The number of anilines is 1. The Morgan fingerprint density at radius 3 is 2.50 bits per heavy atom. The van der Waals surface area contributed by atoms with Crippen molar-refractivity contribution in [3.63, 3.8) is 0 Å². The maximum atomic E-state index is 13.1. The van der Waals surface area contributed by atoms with Gasteiger partial charge in [0.2, 0.25) is 5.13 Å². The predicted octanol–water partition coefficient (Wildman–Crippen LogP) is 5.00. The van der Waals surface area contributed by atoms with E-state index in [0.717, 1.165) is 22.5 Å². The highest BCUT2D eigenvalue weighted by molar-refractivity contribution is 7.12. The summed E-state index contributed by atoms with van der Waals surface area (Å²) in [6.07, 6.45) is 0. The number of halogens is 1. The molecule has 0 bridgehead atoms. The zero-order valence-electron chi connectivity index (χ0n) is 15.3. The SMILES string of the molecule is Cc1ccc(C(=O)Nc2cc(C)nn2-c2nc(-c3ccc(F)cc3)cs2)cc1. The van der Waals surface area contributed by atoms with Gasteiger partial charge in [-0.25, -0.2) is 9.37 Å². The van der Waals surface area contributed by atoms with E-state index in [2.05, 4.69) is 15.4 Å². The summed E-state index contributed by atoms with van der Waals surface area (Å²) >= 11 is 1.40. The summed E-state index contributed by atoms with van der Waals surface area (Å²) < 4.78 is 14.7. The smallest absolute Gasteiger partial charge is 0.256 e. The number of aromatic nitrogens is 3. The van der Waals surface area contributed by atoms with Gasteiger partial charge < -0.3 is 5.32 Å². The monoisotopic (exact) mass is 392 g/mol. The fourth-order valence-electron chi connectivity index (χ4n) is 2.74. The number of hydrogen-bond donors (Lipinski definition) is 1. The molecule has 0 saturated carbocycles.